The molecule has 3 N–H and O–H groups in total. The lowest BCUT2D eigenvalue weighted by molar-refractivity contribution is -0.138. The van der Waals surface area contributed by atoms with Crippen molar-refractivity contribution in [1.29, 1.82) is 0 Å². The summed E-state index contributed by atoms with van der Waals surface area (Å²) in [5.41, 5.74) is 8.84. The van der Waals surface area contributed by atoms with E-state index in [0.717, 1.165) is 36.1 Å². The molecule has 172 valence electrons. The van der Waals surface area contributed by atoms with Crippen molar-refractivity contribution >= 4 is 28.3 Å². The van der Waals surface area contributed by atoms with Crippen LogP contribution in [0, 0.1) is 0 Å². The summed E-state index contributed by atoms with van der Waals surface area (Å²) in [6.07, 6.45) is 3.48. The quantitative estimate of drug-likeness (QED) is 0.471. The fraction of sp³-hybridized carbons (Fsp3) is 0.346. The number of hydrogen-bond acceptors (Lipinski definition) is 5. The number of amides is 2. The number of carbonyl (C=O) groups excluding carboxylic acids is 2. The monoisotopic (exact) mass is 462 g/mol. The Labute approximate surface area is 198 Å². The van der Waals surface area contributed by atoms with Gasteiger partial charge in [0.2, 0.25) is 11.8 Å². The minimum absolute atomic E-state index is 0.0308. The molecule has 0 radical (unpaired) electrons. The topological polar surface area (TPSA) is 88.3 Å². The Bertz CT molecular complexity index is 1010. The summed E-state index contributed by atoms with van der Waals surface area (Å²) in [6.45, 7) is 1.19. The summed E-state index contributed by atoms with van der Waals surface area (Å²) in [4.78, 5) is 32.2. The molecule has 33 heavy (non-hydrogen) atoms. The van der Waals surface area contributed by atoms with Gasteiger partial charge in [0.05, 0.1) is 5.69 Å². The fourth-order valence-corrected chi connectivity index (χ4v) is 5.06. The lowest BCUT2D eigenvalue weighted by Crippen LogP contribution is -2.46. The molecule has 2 heterocycles. The van der Waals surface area contributed by atoms with Crippen molar-refractivity contribution in [3.63, 3.8) is 0 Å². The van der Waals surface area contributed by atoms with Gasteiger partial charge in [0.1, 0.15) is 6.04 Å². The molecular formula is C26H30N4O2S. The molecule has 1 aliphatic rings. The number of carbonyl (C=O) groups is 2. The Kier molecular flexibility index (Phi) is 7.73. The number of aromatic nitrogens is 1. The summed E-state index contributed by atoms with van der Waals surface area (Å²) >= 11 is 1.43. The second-order valence-corrected chi connectivity index (χ2v) is 9.28. The molecule has 2 aromatic carbocycles. The van der Waals surface area contributed by atoms with E-state index in [2.05, 4.69) is 34.6 Å². The number of benzene rings is 2. The molecule has 0 saturated carbocycles. The van der Waals surface area contributed by atoms with Crippen LogP contribution in [-0.4, -0.2) is 40.8 Å². The number of hydrogen-bond donors (Lipinski definition) is 2. The third-order valence-electron chi connectivity index (χ3n) is 6.14. The molecule has 2 amide bonds. The van der Waals surface area contributed by atoms with Gasteiger partial charge in [-0.1, -0.05) is 60.7 Å². The highest BCUT2D eigenvalue weighted by Crippen LogP contribution is 2.30. The molecule has 0 aliphatic carbocycles. The molecule has 4 rings (SSSR count). The lowest BCUT2D eigenvalue weighted by atomic mass is 9.88. The average molecular weight is 463 g/mol. The first-order valence-corrected chi connectivity index (χ1v) is 12.4. The Balaban J connectivity index is 1.36. The first-order valence-electron chi connectivity index (χ1n) is 11.5. The summed E-state index contributed by atoms with van der Waals surface area (Å²) in [5, 5.41) is 5.53. The number of nitrogens with two attached hydrogens (primary N) is 1. The van der Waals surface area contributed by atoms with Crippen LogP contribution >= 0.6 is 11.3 Å². The number of aryl methyl sites for hydroxylation is 1. The van der Waals surface area contributed by atoms with Crippen LogP contribution in [0.3, 0.4) is 0 Å². The van der Waals surface area contributed by atoms with Crippen LogP contribution in [0.4, 0.5) is 5.13 Å². The van der Waals surface area contributed by atoms with E-state index < -0.39 is 0 Å². The van der Waals surface area contributed by atoms with Crippen LogP contribution in [-0.2, 0) is 16.0 Å². The second kappa shape index (κ2) is 11.1. The summed E-state index contributed by atoms with van der Waals surface area (Å²) < 4.78 is 0. The highest BCUT2D eigenvalue weighted by atomic mass is 32.1. The van der Waals surface area contributed by atoms with Crippen LogP contribution in [0.1, 0.15) is 48.4 Å². The van der Waals surface area contributed by atoms with E-state index in [0.29, 0.717) is 31.1 Å². The number of likely N-dealkylation sites (tertiary alicyclic amines) is 1. The van der Waals surface area contributed by atoms with Crippen LogP contribution in [0.2, 0.25) is 0 Å². The van der Waals surface area contributed by atoms with E-state index in [1.54, 1.807) is 4.90 Å². The van der Waals surface area contributed by atoms with Crippen LogP contribution in [0.25, 0.3) is 0 Å². The third-order valence-corrected chi connectivity index (χ3v) is 6.86. The molecule has 7 heteroatoms. The van der Waals surface area contributed by atoms with Crippen molar-refractivity contribution in [1.82, 2.24) is 15.2 Å². The van der Waals surface area contributed by atoms with Gasteiger partial charge in [-0.05, 0) is 36.8 Å². The smallest absolute Gasteiger partial charge is 0.242 e. The van der Waals surface area contributed by atoms with E-state index in [9.17, 15) is 9.59 Å². The number of anilines is 1. The maximum Gasteiger partial charge on any atom is 0.242 e. The average Bonchev–Trinajstić information content (AvgIpc) is 3.50. The molecule has 0 unspecified atom stereocenters. The van der Waals surface area contributed by atoms with Crippen molar-refractivity contribution in [3.8, 4) is 0 Å². The maximum atomic E-state index is 13.4. The van der Waals surface area contributed by atoms with Gasteiger partial charge in [-0.15, -0.1) is 11.3 Å². The highest BCUT2D eigenvalue weighted by molar-refractivity contribution is 7.13. The minimum Gasteiger partial charge on any atom is -0.375 e. The van der Waals surface area contributed by atoms with Gasteiger partial charge in [-0.25, -0.2) is 4.98 Å². The first-order chi connectivity index (χ1) is 16.1. The third kappa shape index (κ3) is 5.99. The number of rotatable bonds is 9. The van der Waals surface area contributed by atoms with Gasteiger partial charge in [-0.2, -0.15) is 0 Å². The lowest BCUT2D eigenvalue weighted by Gasteiger charge is -2.26. The van der Waals surface area contributed by atoms with Crippen molar-refractivity contribution in [3.05, 3.63) is 82.9 Å². The zero-order chi connectivity index (χ0) is 23.0. The Morgan fingerprint density at radius 3 is 2.36 bits per heavy atom. The Hall–Kier alpha value is -3.19. The van der Waals surface area contributed by atoms with E-state index in [1.165, 1.54) is 11.3 Å². The molecule has 0 spiro atoms. The highest BCUT2D eigenvalue weighted by Gasteiger charge is 2.35. The SMILES string of the molecule is Nc1nc(CCCNC(=O)[C@@H]2CCCN2C(=O)CC(c2ccccc2)c2ccccc2)cs1. The largest absolute Gasteiger partial charge is 0.375 e. The minimum atomic E-state index is -0.389. The first kappa shape index (κ1) is 23.0. The maximum absolute atomic E-state index is 13.4. The molecular weight excluding hydrogens is 432 g/mol. The molecule has 1 saturated heterocycles. The van der Waals surface area contributed by atoms with Gasteiger partial charge < -0.3 is 16.0 Å². The molecule has 0 bridgehead atoms. The normalized spacial score (nSPS) is 15.7. The van der Waals surface area contributed by atoms with E-state index >= 15 is 0 Å². The zero-order valence-corrected chi connectivity index (χ0v) is 19.5. The van der Waals surface area contributed by atoms with Gasteiger partial charge in [-0.3, -0.25) is 9.59 Å². The Morgan fingerprint density at radius 1 is 1.09 bits per heavy atom. The summed E-state index contributed by atoms with van der Waals surface area (Å²) in [5.74, 6) is -0.0623. The molecule has 1 atom stereocenters. The molecule has 1 aromatic heterocycles. The van der Waals surface area contributed by atoms with Crippen molar-refractivity contribution in [2.45, 2.75) is 44.1 Å². The van der Waals surface area contributed by atoms with Crippen LogP contribution in [0.15, 0.2) is 66.0 Å². The van der Waals surface area contributed by atoms with Gasteiger partial charge in [0.15, 0.2) is 5.13 Å². The summed E-state index contributed by atoms with van der Waals surface area (Å²) in [7, 11) is 0. The van der Waals surface area contributed by atoms with E-state index in [4.69, 9.17) is 5.73 Å². The number of nitrogen functional groups attached to an aromatic ring is 1. The van der Waals surface area contributed by atoms with Crippen molar-refractivity contribution < 1.29 is 9.59 Å². The van der Waals surface area contributed by atoms with Crippen molar-refractivity contribution in [2.75, 3.05) is 18.8 Å². The zero-order valence-electron chi connectivity index (χ0n) is 18.7. The van der Waals surface area contributed by atoms with Crippen LogP contribution in [0.5, 0.6) is 0 Å². The summed E-state index contributed by atoms with van der Waals surface area (Å²) in [6, 6.07) is 19.8. The van der Waals surface area contributed by atoms with Gasteiger partial charge in [0.25, 0.3) is 0 Å². The predicted octanol–water partition coefficient (Wildman–Crippen LogP) is 3.99. The molecule has 1 aliphatic heterocycles. The van der Waals surface area contributed by atoms with Gasteiger partial charge in [0, 0.05) is 30.8 Å². The Morgan fingerprint density at radius 2 is 1.76 bits per heavy atom. The second-order valence-electron chi connectivity index (χ2n) is 8.39. The van der Waals surface area contributed by atoms with Crippen LogP contribution < -0.4 is 11.1 Å². The standard InChI is InChI=1S/C26H30N4O2S/c27-26-29-21(18-33-26)13-7-15-28-25(32)23-14-8-16-30(23)24(31)17-22(19-9-3-1-4-10-19)20-11-5-2-6-12-20/h1-6,9-12,18,22-23H,7-8,13-17H2,(H2,27,29)(H,28,32)/t23-/m0/s1. The number of nitrogens with zero attached hydrogens (tertiary/aromatic N) is 2. The molecule has 1 fully saturated rings. The van der Waals surface area contributed by atoms with Crippen molar-refractivity contribution in [2.24, 2.45) is 0 Å². The molecule has 3 aromatic rings. The predicted molar refractivity (Wildman–Crippen MR) is 132 cm³/mol. The number of nitrogens with one attached hydrogen (secondary N) is 1. The van der Waals surface area contributed by atoms with Gasteiger partial charge >= 0.3 is 0 Å². The number of thiazole rings is 1. The molecule has 6 nitrogen and oxygen atoms in total. The van der Waals surface area contributed by atoms with E-state index in [-0.39, 0.29) is 23.8 Å². The van der Waals surface area contributed by atoms with E-state index in [1.807, 2.05) is 41.8 Å². The fourth-order valence-electron chi connectivity index (χ4n) is 4.46.